The van der Waals surface area contributed by atoms with Gasteiger partial charge in [-0.2, -0.15) is 0 Å². The monoisotopic (exact) mass is 451 g/mol. The second-order valence-corrected chi connectivity index (χ2v) is 8.45. The summed E-state index contributed by atoms with van der Waals surface area (Å²) >= 11 is 7.30. The fraction of sp³-hybridized carbons (Fsp3) is 0.333. The van der Waals surface area contributed by atoms with Crippen molar-refractivity contribution in [3.63, 3.8) is 0 Å². The SMILES string of the molecule is C[C@@H](Sc1nc2c(c(=O)n(C)c(=O)n2C)n1Cc1cc2c(cc1Cl)OCO2)C(=O)[O-]. The zero-order valence-corrected chi connectivity index (χ0v) is 17.7. The molecular weight excluding hydrogens is 436 g/mol. The minimum Gasteiger partial charge on any atom is -0.549 e. The number of rotatable bonds is 5. The van der Waals surface area contributed by atoms with E-state index in [0.29, 0.717) is 22.1 Å². The topological polar surface area (TPSA) is 120 Å². The zero-order chi connectivity index (χ0) is 21.7. The number of nitrogens with zero attached hydrogens (tertiary/aromatic N) is 4. The van der Waals surface area contributed by atoms with Crippen molar-refractivity contribution in [2.45, 2.75) is 23.9 Å². The lowest BCUT2D eigenvalue weighted by Crippen LogP contribution is -2.37. The van der Waals surface area contributed by atoms with E-state index >= 15 is 0 Å². The van der Waals surface area contributed by atoms with Crippen LogP contribution in [0.1, 0.15) is 12.5 Å². The van der Waals surface area contributed by atoms with Crippen LogP contribution in [0.15, 0.2) is 26.9 Å². The van der Waals surface area contributed by atoms with Gasteiger partial charge in [-0.25, -0.2) is 9.78 Å². The molecule has 0 saturated heterocycles. The summed E-state index contributed by atoms with van der Waals surface area (Å²) in [6.07, 6.45) is 0. The molecule has 0 spiro atoms. The first-order valence-electron chi connectivity index (χ1n) is 8.80. The van der Waals surface area contributed by atoms with Gasteiger partial charge in [0, 0.05) is 30.4 Å². The second kappa shape index (κ2) is 7.40. The Morgan fingerprint density at radius 1 is 1.27 bits per heavy atom. The molecule has 158 valence electrons. The van der Waals surface area contributed by atoms with Gasteiger partial charge in [0.15, 0.2) is 27.8 Å². The predicted molar refractivity (Wildman–Crippen MR) is 107 cm³/mol. The molecule has 3 heterocycles. The van der Waals surface area contributed by atoms with Crippen LogP contribution in [0.5, 0.6) is 11.5 Å². The van der Waals surface area contributed by atoms with Crippen LogP contribution in [0.25, 0.3) is 11.2 Å². The molecule has 12 heteroatoms. The Hall–Kier alpha value is -2.92. The molecule has 1 aromatic carbocycles. The van der Waals surface area contributed by atoms with E-state index in [1.165, 1.54) is 25.6 Å². The average molecular weight is 452 g/mol. The van der Waals surface area contributed by atoms with E-state index in [0.717, 1.165) is 16.3 Å². The summed E-state index contributed by atoms with van der Waals surface area (Å²) in [5.74, 6) is -0.254. The van der Waals surface area contributed by atoms with Crippen molar-refractivity contribution in [1.29, 1.82) is 0 Å². The highest BCUT2D eigenvalue weighted by atomic mass is 35.5. The van der Waals surface area contributed by atoms with Gasteiger partial charge in [0.05, 0.1) is 12.5 Å². The van der Waals surface area contributed by atoms with E-state index in [1.807, 2.05) is 0 Å². The van der Waals surface area contributed by atoms with Gasteiger partial charge in [0.1, 0.15) is 0 Å². The molecule has 0 fully saturated rings. The van der Waals surface area contributed by atoms with Crippen LogP contribution >= 0.6 is 23.4 Å². The standard InChI is InChI=1S/C18H17ClN4O6S/c1-8(16(25)26)30-17-20-14-13(15(24)22(3)18(27)21(14)2)23(17)6-9-4-11-12(5-10(9)19)29-7-28-11/h4-5,8H,6-7H2,1-3H3,(H,25,26)/p-1/t8-/m1/s1. The van der Waals surface area contributed by atoms with Gasteiger partial charge in [-0.1, -0.05) is 23.4 Å². The average Bonchev–Trinajstić information content (AvgIpc) is 3.29. The number of hydrogen-bond acceptors (Lipinski definition) is 8. The van der Waals surface area contributed by atoms with Gasteiger partial charge in [-0.05, 0) is 18.6 Å². The number of carbonyl (C=O) groups is 1. The molecule has 1 atom stereocenters. The lowest BCUT2D eigenvalue weighted by molar-refractivity contribution is -0.304. The summed E-state index contributed by atoms with van der Waals surface area (Å²) in [6.45, 7) is 1.63. The molecule has 0 bridgehead atoms. The molecule has 0 aliphatic carbocycles. The number of carboxylic acids is 1. The quantitative estimate of drug-likeness (QED) is 0.501. The first-order valence-corrected chi connectivity index (χ1v) is 10.1. The third kappa shape index (κ3) is 3.23. The normalized spacial score (nSPS) is 13.7. The highest BCUT2D eigenvalue weighted by molar-refractivity contribution is 8.00. The summed E-state index contributed by atoms with van der Waals surface area (Å²) in [7, 11) is 2.86. The number of imidazole rings is 1. The number of aliphatic carboxylic acids is 1. The summed E-state index contributed by atoms with van der Waals surface area (Å²) in [4.78, 5) is 40.9. The number of thioether (sulfide) groups is 1. The van der Waals surface area contributed by atoms with E-state index in [1.54, 1.807) is 16.7 Å². The van der Waals surface area contributed by atoms with E-state index in [-0.39, 0.29) is 29.7 Å². The molecule has 1 aliphatic rings. The number of ether oxygens (including phenoxy) is 2. The molecule has 0 unspecified atom stereocenters. The Kier molecular flexibility index (Phi) is 5.02. The van der Waals surface area contributed by atoms with Gasteiger partial charge in [0.2, 0.25) is 6.79 Å². The zero-order valence-electron chi connectivity index (χ0n) is 16.2. The summed E-state index contributed by atoms with van der Waals surface area (Å²) in [6, 6.07) is 3.31. The molecule has 0 radical (unpaired) electrons. The Balaban J connectivity index is 1.94. The molecule has 0 N–H and O–H groups in total. The number of benzene rings is 1. The number of carboxylic acid groups (broad SMARTS) is 1. The molecule has 0 saturated carbocycles. The molecule has 30 heavy (non-hydrogen) atoms. The van der Waals surface area contributed by atoms with Crippen LogP contribution in [0, 0.1) is 0 Å². The van der Waals surface area contributed by atoms with E-state index in [2.05, 4.69) is 4.98 Å². The lowest BCUT2D eigenvalue weighted by atomic mass is 10.2. The number of halogens is 1. The highest BCUT2D eigenvalue weighted by Gasteiger charge is 2.23. The van der Waals surface area contributed by atoms with Crippen molar-refractivity contribution in [3.05, 3.63) is 43.6 Å². The smallest absolute Gasteiger partial charge is 0.332 e. The molecular formula is C18H16ClN4O6S-. The first kappa shape index (κ1) is 20.4. The van der Waals surface area contributed by atoms with Crippen molar-refractivity contribution in [2.75, 3.05) is 6.79 Å². The van der Waals surface area contributed by atoms with Gasteiger partial charge in [0.25, 0.3) is 5.56 Å². The number of aromatic nitrogens is 4. The van der Waals surface area contributed by atoms with Crippen LogP contribution in [-0.4, -0.2) is 36.7 Å². The summed E-state index contributed by atoms with van der Waals surface area (Å²) in [5.41, 5.74) is -0.179. The van der Waals surface area contributed by atoms with Crippen LogP contribution in [0.2, 0.25) is 5.02 Å². The Bertz CT molecular complexity index is 1310. The lowest BCUT2D eigenvalue weighted by Gasteiger charge is -2.14. The molecule has 4 rings (SSSR count). The summed E-state index contributed by atoms with van der Waals surface area (Å²) in [5, 5.41) is 11.0. The number of fused-ring (bicyclic) bond motifs is 2. The highest BCUT2D eigenvalue weighted by Crippen LogP contribution is 2.37. The number of carbonyl (C=O) groups excluding carboxylic acids is 1. The van der Waals surface area contributed by atoms with Gasteiger partial charge >= 0.3 is 5.69 Å². The van der Waals surface area contributed by atoms with Crippen molar-refractivity contribution in [3.8, 4) is 11.5 Å². The fourth-order valence-electron chi connectivity index (χ4n) is 3.12. The van der Waals surface area contributed by atoms with Crippen molar-refractivity contribution < 1.29 is 19.4 Å². The second-order valence-electron chi connectivity index (χ2n) is 6.73. The van der Waals surface area contributed by atoms with Crippen LogP contribution in [0.4, 0.5) is 0 Å². The van der Waals surface area contributed by atoms with Crippen molar-refractivity contribution in [2.24, 2.45) is 14.1 Å². The Morgan fingerprint density at radius 2 is 1.93 bits per heavy atom. The Morgan fingerprint density at radius 3 is 2.60 bits per heavy atom. The molecule has 1 aliphatic heterocycles. The minimum absolute atomic E-state index is 0.0794. The molecule has 2 aromatic heterocycles. The number of hydrogen-bond donors (Lipinski definition) is 0. The Labute approximate surface area is 178 Å². The van der Waals surface area contributed by atoms with Gasteiger partial charge in [-0.15, -0.1) is 0 Å². The van der Waals surface area contributed by atoms with Crippen LogP contribution in [-0.2, 0) is 25.4 Å². The maximum absolute atomic E-state index is 12.9. The third-order valence-corrected chi connectivity index (χ3v) is 6.22. The third-order valence-electron chi connectivity index (χ3n) is 4.80. The van der Waals surface area contributed by atoms with Gasteiger partial charge in [-0.3, -0.25) is 13.9 Å². The predicted octanol–water partition coefficient (Wildman–Crippen LogP) is 0.0946. The number of aryl methyl sites for hydroxylation is 1. The molecule has 3 aromatic rings. The largest absolute Gasteiger partial charge is 0.549 e. The van der Waals surface area contributed by atoms with E-state index in [9.17, 15) is 19.5 Å². The maximum atomic E-state index is 12.9. The van der Waals surface area contributed by atoms with Crippen LogP contribution in [0.3, 0.4) is 0 Å². The molecule has 0 amide bonds. The van der Waals surface area contributed by atoms with Crippen molar-refractivity contribution >= 4 is 40.5 Å². The molecule has 10 nitrogen and oxygen atoms in total. The summed E-state index contributed by atoms with van der Waals surface area (Å²) < 4.78 is 14.5. The maximum Gasteiger partial charge on any atom is 0.332 e. The van der Waals surface area contributed by atoms with Crippen LogP contribution < -0.4 is 25.8 Å². The van der Waals surface area contributed by atoms with Gasteiger partial charge < -0.3 is 23.9 Å². The van der Waals surface area contributed by atoms with Crippen molar-refractivity contribution in [1.82, 2.24) is 18.7 Å². The van der Waals surface area contributed by atoms with E-state index in [4.69, 9.17) is 21.1 Å². The fourth-order valence-corrected chi connectivity index (χ4v) is 4.17. The van der Waals surface area contributed by atoms with E-state index < -0.39 is 22.5 Å². The minimum atomic E-state index is -1.28. The first-order chi connectivity index (χ1) is 14.2.